The summed E-state index contributed by atoms with van der Waals surface area (Å²) < 4.78 is 28.1. The van der Waals surface area contributed by atoms with Gasteiger partial charge in [-0.1, -0.05) is 19.3 Å². The molecule has 0 aromatic heterocycles. The van der Waals surface area contributed by atoms with Crippen LogP contribution in [0.5, 0.6) is 0 Å². The molecule has 88 valence electrons. The van der Waals surface area contributed by atoms with Gasteiger partial charge in [0.15, 0.2) is 0 Å². The maximum atomic E-state index is 11.9. The molecule has 4 nitrogen and oxygen atoms in total. The van der Waals surface area contributed by atoms with E-state index in [0.29, 0.717) is 0 Å². The summed E-state index contributed by atoms with van der Waals surface area (Å²) in [4.78, 5) is 0. The van der Waals surface area contributed by atoms with Crippen LogP contribution in [0.4, 0.5) is 0 Å². The fourth-order valence-electron chi connectivity index (χ4n) is 2.14. The molecule has 2 rings (SSSR count). The Hall–Kier alpha value is -0.130. The van der Waals surface area contributed by atoms with Crippen LogP contribution in [0.25, 0.3) is 0 Å². The van der Waals surface area contributed by atoms with Crippen molar-refractivity contribution in [2.75, 3.05) is 7.05 Å². The maximum absolute atomic E-state index is 11.9. The van der Waals surface area contributed by atoms with Crippen molar-refractivity contribution < 1.29 is 8.42 Å². The zero-order chi connectivity index (χ0) is 10.9. The number of hydrogen-bond donors (Lipinski definition) is 1. The molecule has 0 amide bonds. The van der Waals surface area contributed by atoms with Crippen LogP contribution in [0.15, 0.2) is 0 Å². The highest BCUT2D eigenvalue weighted by molar-refractivity contribution is 7.87. The fraction of sp³-hybridized carbons (Fsp3) is 1.00. The van der Waals surface area contributed by atoms with Crippen molar-refractivity contribution in [3.05, 3.63) is 0 Å². The first kappa shape index (κ1) is 11.4. The van der Waals surface area contributed by atoms with E-state index in [0.717, 1.165) is 38.5 Å². The summed E-state index contributed by atoms with van der Waals surface area (Å²) in [6.07, 6.45) is 7.60. The average Bonchev–Trinajstić information content (AvgIpc) is 3.01. The van der Waals surface area contributed by atoms with Crippen molar-refractivity contribution in [3.63, 3.8) is 0 Å². The lowest BCUT2D eigenvalue weighted by atomic mass is 9.96. The minimum Gasteiger partial charge on any atom is -0.199 e. The highest BCUT2D eigenvalue weighted by Gasteiger charge is 2.32. The van der Waals surface area contributed by atoms with Gasteiger partial charge in [-0.25, -0.2) is 0 Å². The lowest BCUT2D eigenvalue weighted by Crippen LogP contribution is -2.45. The van der Waals surface area contributed by atoms with E-state index in [2.05, 4.69) is 4.72 Å². The lowest BCUT2D eigenvalue weighted by molar-refractivity contribution is 0.283. The zero-order valence-electron chi connectivity index (χ0n) is 9.28. The van der Waals surface area contributed by atoms with Crippen molar-refractivity contribution in [2.45, 2.75) is 57.0 Å². The third-order valence-corrected chi connectivity index (χ3v) is 5.05. The second-order valence-corrected chi connectivity index (χ2v) is 6.47. The smallest absolute Gasteiger partial charge is 0.199 e. The monoisotopic (exact) mass is 232 g/mol. The standard InChI is InChI=1S/C10H20N2O2S/c1-12(10-5-3-2-4-6-10)15(13,14)11-9-7-8-9/h9-11H,2-8H2,1H3. The molecular weight excluding hydrogens is 212 g/mol. The van der Waals surface area contributed by atoms with Crippen LogP contribution in [0.3, 0.4) is 0 Å². The Bertz CT molecular complexity index is 305. The summed E-state index contributed by atoms with van der Waals surface area (Å²) in [7, 11) is -1.50. The summed E-state index contributed by atoms with van der Waals surface area (Å²) in [5.74, 6) is 0. The molecule has 0 saturated heterocycles. The molecule has 0 bridgehead atoms. The van der Waals surface area contributed by atoms with Gasteiger partial charge in [-0.3, -0.25) is 0 Å². The Morgan fingerprint density at radius 1 is 1.07 bits per heavy atom. The van der Waals surface area contributed by atoms with Crippen LogP contribution < -0.4 is 4.72 Å². The van der Waals surface area contributed by atoms with Gasteiger partial charge >= 0.3 is 0 Å². The molecule has 2 saturated carbocycles. The molecule has 0 aliphatic heterocycles. The Morgan fingerprint density at radius 3 is 2.20 bits per heavy atom. The van der Waals surface area contributed by atoms with Crippen molar-refractivity contribution in [2.24, 2.45) is 0 Å². The maximum Gasteiger partial charge on any atom is 0.279 e. The topological polar surface area (TPSA) is 49.4 Å². The second-order valence-electron chi connectivity index (χ2n) is 4.71. The predicted octanol–water partition coefficient (Wildman–Crippen LogP) is 1.25. The number of hydrogen-bond acceptors (Lipinski definition) is 2. The van der Waals surface area contributed by atoms with E-state index in [1.165, 1.54) is 6.42 Å². The largest absolute Gasteiger partial charge is 0.279 e. The number of rotatable bonds is 4. The summed E-state index contributed by atoms with van der Waals surface area (Å²) >= 11 is 0. The third kappa shape index (κ3) is 2.92. The third-order valence-electron chi connectivity index (χ3n) is 3.36. The summed E-state index contributed by atoms with van der Waals surface area (Å²) in [5.41, 5.74) is 0. The van der Waals surface area contributed by atoms with E-state index in [1.807, 2.05) is 0 Å². The Balaban J connectivity index is 1.94. The molecule has 0 spiro atoms. The molecule has 0 heterocycles. The van der Waals surface area contributed by atoms with E-state index >= 15 is 0 Å². The van der Waals surface area contributed by atoms with E-state index in [-0.39, 0.29) is 12.1 Å². The molecule has 2 aliphatic carbocycles. The van der Waals surface area contributed by atoms with Crippen LogP contribution in [0.1, 0.15) is 44.9 Å². The normalized spacial score (nSPS) is 24.7. The van der Waals surface area contributed by atoms with Crippen LogP contribution in [0, 0.1) is 0 Å². The predicted molar refractivity (Wildman–Crippen MR) is 59.7 cm³/mol. The Morgan fingerprint density at radius 2 is 1.67 bits per heavy atom. The average molecular weight is 232 g/mol. The fourth-order valence-corrected chi connectivity index (χ4v) is 3.56. The highest BCUT2D eigenvalue weighted by Crippen LogP contribution is 2.25. The van der Waals surface area contributed by atoms with Gasteiger partial charge in [-0.2, -0.15) is 17.4 Å². The number of nitrogens with zero attached hydrogens (tertiary/aromatic N) is 1. The first-order chi connectivity index (χ1) is 7.09. The molecule has 2 fully saturated rings. The van der Waals surface area contributed by atoms with E-state index < -0.39 is 10.2 Å². The highest BCUT2D eigenvalue weighted by atomic mass is 32.2. The van der Waals surface area contributed by atoms with Crippen molar-refractivity contribution >= 4 is 10.2 Å². The molecule has 5 heteroatoms. The van der Waals surface area contributed by atoms with Crippen LogP contribution in [-0.4, -0.2) is 31.9 Å². The molecule has 15 heavy (non-hydrogen) atoms. The van der Waals surface area contributed by atoms with E-state index in [4.69, 9.17) is 0 Å². The summed E-state index contributed by atoms with van der Waals surface area (Å²) in [6, 6.07) is 0.427. The van der Waals surface area contributed by atoms with Gasteiger partial charge in [0, 0.05) is 19.1 Å². The first-order valence-electron chi connectivity index (χ1n) is 5.85. The second kappa shape index (κ2) is 4.39. The molecule has 0 radical (unpaired) electrons. The Labute approximate surface area is 92.2 Å². The van der Waals surface area contributed by atoms with Gasteiger partial charge in [0.05, 0.1) is 0 Å². The summed E-state index contributed by atoms with van der Waals surface area (Å²) in [5, 5.41) is 0. The van der Waals surface area contributed by atoms with Gasteiger partial charge in [-0.05, 0) is 25.7 Å². The van der Waals surface area contributed by atoms with Crippen molar-refractivity contribution in [1.29, 1.82) is 0 Å². The molecule has 0 unspecified atom stereocenters. The minimum atomic E-state index is -3.21. The molecule has 0 aromatic carbocycles. The molecule has 1 N–H and O–H groups in total. The molecule has 0 aromatic rings. The molecule has 2 aliphatic rings. The quantitative estimate of drug-likeness (QED) is 0.793. The van der Waals surface area contributed by atoms with E-state index in [1.54, 1.807) is 11.4 Å². The Kier molecular flexibility index (Phi) is 3.33. The number of nitrogens with one attached hydrogen (secondary N) is 1. The minimum absolute atomic E-state index is 0.209. The van der Waals surface area contributed by atoms with Crippen LogP contribution in [0.2, 0.25) is 0 Å². The van der Waals surface area contributed by atoms with Gasteiger partial charge in [-0.15, -0.1) is 0 Å². The van der Waals surface area contributed by atoms with Gasteiger partial charge in [0.1, 0.15) is 0 Å². The zero-order valence-corrected chi connectivity index (χ0v) is 10.1. The molecule has 0 atom stereocenters. The van der Waals surface area contributed by atoms with Gasteiger partial charge in [0.25, 0.3) is 10.2 Å². The van der Waals surface area contributed by atoms with Crippen LogP contribution in [-0.2, 0) is 10.2 Å². The lowest BCUT2D eigenvalue weighted by Gasteiger charge is -2.30. The molecular formula is C10H20N2O2S. The van der Waals surface area contributed by atoms with Crippen molar-refractivity contribution in [1.82, 2.24) is 9.03 Å². The van der Waals surface area contributed by atoms with Crippen LogP contribution >= 0.6 is 0 Å². The van der Waals surface area contributed by atoms with Gasteiger partial charge in [0.2, 0.25) is 0 Å². The van der Waals surface area contributed by atoms with Crippen molar-refractivity contribution in [3.8, 4) is 0 Å². The SMILES string of the molecule is CN(C1CCCCC1)S(=O)(=O)NC1CC1. The summed E-state index contributed by atoms with van der Waals surface area (Å²) in [6.45, 7) is 0. The van der Waals surface area contributed by atoms with Gasteiger partial charge < -0.3 is 0 Å². The van der Waals surface area contributed by atoms with E-state index in [9.17, 15) is 8.42 Å². The first-order valence-corrected chi connectivity index (χ1v) is 7.29.